The number of aliphatic hydroxyl groups excluding tert-OH is 1. The summed E-state index contributed by atoms with van der Waals surface area (Å²) in [6, 6.07) is 19.2. The zero-order chi connectivity index (χ0) is 15.1. The largest absolute Gasteiger partial charge is 0.395 e. The molecule has 1 amide bonds. The molecule has 1 N–H and O–H groups in total. The highest BCUT2D eigenvalue weighted by molar-refractivity contribution is 5.95. The molecule has 0 heterocycles. The van der Waals surface area contributed by atoms with Crippen LogP contribution >= 0.6 is 0 Å². The number of anilines is 2. The van der Waals surface area contributed by atoms with Gasteiger partial charge < -0.3 is 14.9 Å². The zero-order valence-corrected chi connectivity index (χ0v) is 12.1. The maximum atomic E-state index is 12.4. The van der Waals surface area contributed by atoms with Gasteiger partial charge in [0.25, 0.3) is 0 Å². The lowest BCUT2D eigenvalue weighted by Gasteiger charge is -2.26. The predicted molar refractivity (Wildman–Crippen MR) is 85.6 cm³/mol. The van der Waals surface area contributed by atoms with Crippen molar-refractivity contribution in [1.29, 1.82) is 0 Å². The van der Waals surface area contributed by atoms with Crippen LogP contribution in [0.2, 0.25) is 0 Å². The molecule has 0 spiro atoms. The first-order chi connectivity index (χ1) is 10.2. The van der Waals surface area contributed by atoms with Crippen LogP contribution in [0.15, 0.2) is 60.7 Å². The van der Waals surface area contributed by atoms with E-state index in [4.69, 9.17) is 0 Å². The van der Waals surface area contributed by atoms with E-state index < -0.39 is 0 Å². The minimum atomic E-state index is -0.0153. The lowest BCUT2D eigenvalue weighted by atomic mass is 10.2. The van der Waals surface area contributed by atoms with E-state index in [2.05, 4.69) is 0 Å². The predicted octanol–water partition coefficient (Wildman–Crippen LogP) is 2.15. The molecule has 21 heavy (non-hydrogen) atoms. The summed E-state index contributed by atoms with van der Waals surface area (Å²) in [5, 5.41) is 9.20. The van der Waals surface area contributed by atoms with Gasteiger partial charge in [0.2, 0.25) is 5.91 Å². The highest BCUT2D eigenvalue weighted by Crippen LogP contribution is 2.15. The normalized spacial score (nSPS) is 10.2. The van der Waals surface area contributed by atoms with Crippen molar-refractivity contribution in [3.63, 3.8) is 0 Å². The Labute approximate surface area is 125 Å². The maximum Gasteiger partial charge on any atom is 0.246 e. The molecule has 0 radical (unpaired) electrons. The summed E-state index contributed by atoms with van der Waals surface area (Å²) in [5.74, 6) is -0.0153. The number of benzene rings is 2. The molecule has 4 heteroatoms. The summed E-state index contributed by atoms with van der Waals surface area (Å²) in [5.41, 5.74) is 1.79. The van der Waals surface area contributed by atoms with E-state index in [1.165, 1.54) is 0 Å². The SMILES string of the molecule is CN(C(=O)CN(CCO)c1ccccc1)c1ccccc1. The molecule has 0 saturated carbocycles. The maximum absolute atomic E-state index is 12.4. The number of nitrogens with zero attached hydrogens (tertiary/aromatic N) is 2. The summed E-state index contributed by atoms with van der Waals surface area (Å²) in [4.78, 5) is 15.9. The van der Waals surface area contributed by atoms with Gasteiger partial charge in [0, 0.05) is 25.0 Å². The topological polar surface area (TPSA) is 43.8 Å². The molecule has 0 aliphatic carbocycles. The summed E-state index contributed by atoms with van der Waals surface area (Å²) in [6.07, 6.45) is 0. The number of carbonyl (C=O) groups is 1. The van der Waals surface area contributed by atoms with Gasteiger partial charge in [-0.2, -0.15) is 0 Å². The average molecular weight is 284 g/mol. The van der Waals surface area contributed by atoms with E-state index in [1.54, 1.807) is 11.9 Å². The fourth-order valence-electron chi connectivity index (χ4n) is 2.12. The molecular formula is C17H20N2O2. The molecule has 2 aromatic rings. The van der Waals surface area contributed by atoms with Gasteiger partial charge in [0.1, 0.15) is 0 Å². The summed E-state index contributed by atoms with van der Waals surface area (Å²) < 4.78 is 0. The van der Waals surface area contributed by atoms with Crippen LogP contribution in [-0.4, -0.2) is 37.8 Å². The van der Waals surface area contributed by atoms with Crippen LogP contribution in [0.1, 0.15) is 0 Å². The van der Waals surface area contributed by atoms with Gasteiger partial charge in [0.05, 0.1) is 13.2 Å². The molecule has 0 aliphatic rings. The molecule has 2 aromatic carbocycles. The molecule has 0 aliphatic heterocycles. The Bertz CT molecular complexity index is 558. The highest BCUT2D eigenvalue weighted by atomic mass is 16.3. The van der Waals surface area contributed by atoms with Crippen molar-refractivity contribution in [1.82, 2.24) is 0 Å². The van der Waals surface area contributed by atoms with E-state index in [-0.39, 0.29) is 19.1 Å². The van der Waals surface area contributed by atoms with Crippen LogP contribution in [0.3, 0.4) is 0 Å². The van der Waals surface area contributed by atoms with E-state index in [9.17, 15) is 9.90 Å². The van der Waals surface area contributed by atoms with Crippen LogP contribution < -0.4 is 9.80 Å². The standard InChI is InChI=1S/C17H20N2O2/c1-18(15-8-4-2-5-9-15)17(21)14-19(12-13-20)16-10-6-3-7-11-16/h2-11,20H,12-14H2,1H3. The lowest BCUT2D eigenvalue weighted by molar-refractivity contribution is -0.117. The Morgan fingerprint density at radius 1 is 0.952 bits per heavy atom. The van der Waals surface area contributed by atoms with Gasteiger partial charge in [-0.05, 0) is 24.3 Å². The van der Waals surface area contributed by atoms with Crippen LogP contribution in [0.5, 0.6) is 0 Å². The molecule has 0 saturated heterocycles. The van der Waals surface area contributed by atoms with Crippen molar-refractivity contribution in [2.45, 2.75) is 0 Å². The number of carbonyl (C=O) groups excluding carboxylic acids is 1. The average Bonchev–Trinajstić information content (AvgIpc) is 2.55. The van der Waals surface area contributed by atoms with Crippen LogP contribution in [0, 0.1) is 0 Å². The first-order valence-corrected chi connectivity index (χ1v) is 6.95. The van der Waals surface area contributed by atoms with Crippen molar-refractivity contribution in [3.8, 4) is 0 Å². The number of likely N-dealkylation sites (N-methyl/N-ethyl adjacent to an activating group) is 1. The van der Waals surface area contributed by atoms with Gasteiger partial charge >= 0.3 is 0 Å². The molecule has 0 fully saturated rings. The molecule has 4 nitrogen and oxygen atoms in total. The first kappa shape index (κ1) is 15.1. The van der Waals surface area contributed by atoms with Gasteiger partial charge in [0.15, 0.2) is 0 Å². The molecule has 110 valence electrons. The van der Waals surface area contributed by atoms with Crippen molar-refractivity contribution in [2.24, 2.45) is 0 Å². The third-order valence-corrected chi connectivity index (χ3v) is 3.33. The Morgan fingerprint density at radius 2 is 1.48 bits per heavy atom. The second kappa shape index (κ2) is 7.45. The van der Waals surface area contributed by atoms with Crippen LogP contribution in [-0.2, 0) is 4.79 Å². The molecular weight excluding hydrogens is 264 g/mol. The van der Waals surface area contributed by atoms with Crippen molar-refractivity contribution in [2.75, 3.05) is 36.5 Å². The van der Waals surface area contributed by atoms with E-state index in [1.807, 2.05) is 65.6 Å². The third-order valence-electron chi connectivity index (χ3n) is 3.33. The molecule has 0 bridgehead atoms. The lowest BCUT2D eigenvalue weighted by Crippen LogP contribution is -2.39. The number of para-hydroxylation sites is 2. The number of hydrogen-bond donors (Lipinski definition) is 1. The Hall–Kier alpha value is -2.33. The Kier molecular flexibility index (Phi) is 5.35. The minimum Gasteiger partial charge on any atom is -0.395 e. The number of aliphatic hydroxyl groups is 1. The fourth-order valence-corrected chi connectivity index (χ4v) is 2.12. The van der Waals surface area contributed by atoms with Gasteiger partial charge in [-0.1, -0.05) is 36.4 Å². The first-order valence-electron chi connectivity index (χ1n) is 6.95. The van der Waals surface area contributed by atoms with Crippen molar-refractivity contribution >= 4 is 17.3 Å². The quantitative estimate of drug-likeness (QED) is 0.884. The van der Waals surface area contributed by atoms with Crippen molar-refractivity contribution < 1.29 is 9.90 Å². The van der Waals surface area contributed by atoms with Gasteiger partial charge in [-0.25, -0.2) is 0 Å². The number of rotatable bonds is 6. The second-order valence-electron chi connectivity index (χ2n) is 4.77. The highest BCUT2D eigenvalue weighted by Gasteiger charge is 2.15. The summed E-state index contributed by atoms with van der Waals surface area (Å²) in [7, 11) is 1.76. The molecule has 0 aromatic heterocycles. The Morgan fingerprint density at radius 3 is 2.00 bits per heavy atom. The van der Waals surface area contributed by atoms with E-state index in [0.717, 1.165) is 11.4 Å². The van der Waals surface area contributed by atoms with E-state index in [0.29, 0.717) is 6.54 Å². The van der Waals surface area contributed by atoms with Gasteiger partial charge in [-0.3, -0.25) is 4.79 Å². The van der Waals surface area contributed by atoms with Crippen LogP contribution in [0.4, 0.5) is 11.4 Å². The summed E-state index contributed by atoms with van der Waals surface area (Å²) in [6.45, 7) is 0.672. The van der Waals surface area contributed by atoms with Crippen LogP contribution in [0.25, 0.3) is 0 Å². The number of amides is 1. The Balaban J connectivity index is 2.08. The second-order valence-corrected chi connectivity index (χ2v) is 4.77. The number of hydrogen-bond acceptors (Lipinski definition) is 3. The summed E-state index contributed by atoms with van der Waals surface area (Å²) >= 11 is 0. The monoisotopic (exact) mass is 284 g/mol. The van der Waals surface area contributed by atoms with E-state index >= 15 is 0 Å². The van der Waals surface area contributed by atoms with Crippen molar-refractivity contribution in [3.05, 3.63) is 60.7 Å². The fraction of sp³-hybridized carbons (Fsp3) is 0.235. The molecule has 2 rings (SSSR count). The minimum absolute atomic E-state index is 0.0111. The zero-order valence-electron chi connectivity index (χ0n) is 12.1. The smallest absolute Gasteiger partial charge is 0.246 e. The van der Waals surface area contributed by atoms with Gasteiger partial charge in [-0.15, -0.1) is 0 Å². The molecule has 0 unspecified atom stereocenters. The third kappa shape index (κ3) is 4.07. The molecule has 0 atom stereocenters.